The third kappa shape index (κ3) is 8.80. The molecule has 0 unspecified atom stereocenters. The third-order valence-electron chi connectivity index (χ3n) is 1.82. The second-order valence-electron chi connectivity index (χ2n) is 3.13. The fourth-order valence-corrected chi connectivity index (χ4v) is 0.506. The van der Waals surface area contributed by atoms with E-state index in [1.54, 1.807) is 0 Å². The van der Waals surface area contributed by atoms with Crippen LogP contribution in [0.1, 0.15) is 0 Å². The molecule has 17 heavy (non-hydrogen) atoms. The van der Waals surface area contributed by atoms with Crippen molar-refractivity contribution in [2.75, 3.05) is 39.9 Å². The Hall–Kier alpha value is -0.970. The summed E-state index contributed by atoms with van der Waals surface area (Å²) in [5.41, 5.74) is -1.11. The van der Waals surface area contributed by atoms with Gasteiger partial charge < -0.3 is 41.3 Å². The lowest BCUT2D eigenvalue weighted by Gasteiger charge is -2.23. The number of carbonyl (C=O) groups is 1. The van der Waals surface area contributed by atoms with Gasteiger partial charge in [-0.1, -0.05) is 0 Å². The van der Waals surface area contributed by atoms with Gasteiger partial charge in [0.25, 0.3) is 0 Å². The number of aliphatic hydroxyl groups is 6. The van der Waals surface area contributed by atoms with E-state index >= 15 is 0 Å². The van der Waals surface area contributed by atoms with Crippen LogP contribution >= 0.6 is 0 Å². The van der Waals surface area contributed by atoms with E-state index in [0.717, 1.165) is 0 Å². The Balaban J connectivity index is 0. The molecule has 0 aromatic carbocycles. The molecule has 0 saturated carbocycles. The molecule has 0 aliphatic rings. The third-order valence-corrected chi connectivity index (χ3v) is 1.82. The second kappa shape index (κ2) is 11.5. The minimum atomic E-state index is -1.11. The zero-order chi connectivity index (χ0) is 13.7. The molecule has 2 amide bonds. The van der Waals surface area contributed by atoms with Gasteiger partial charge >= 0.3 is 6.03 Å². The van der Waals surface area contributed by atoms with Crippen LogP contribution < -0.4 is 10.6 Å². The lowest BCUT2D eigenvalue weighted by atomic mass is 9.93. The predicted octanol–water partition coefficient (Wildman–Crippen LogP) is -3.87. The van der Waals surface area contributed by atoms with Crippen LogP contribution in [-0.2, 0) is 0 Å². The van der Waals surface area contributed by atoms with Crippen molar-refractivity contribution in [3.63, 3.8) is 0 Å². The average Bonchev–Trinajstić information content (AvgIpc) is 2.34. The van der Waals surface area contributed by atoms with E-state index in [4.69, 9.17) is 30.6 Å². The van der Waals surface area contributed by atoms with Crippen molar-refractivity contribution < 1.29 is 35.4 Å². The summed E-state index contributed by atoms with van der Waals surface area (Å²) in [4.78, 5) is 10.1. The number of urea groups is 1. The van der Waals surface area contributed by atoms with E-state index in [0.29, 0.717) is 0 Å². The van der Waals surface area contributed by atoms with Crippen molar-refractivity contribution >= 4 is 6.03 Å². The monoisotopic (exact) mass is 256 g/mol. The first-order chi connectivity index (χ1) is 8.05. The van der Waals surface area contributed by atoms with Crippen molar-refractivity contribution in [1.29, 1.82) is 0 Å². The Morgan fingerprint density at radius 1 is 0.765 bits per heavy atom. The molecule has 9 nitrogen and oxygen atoms in total. The summed E-state index contributed by atoms with van der Waals surface area (Å²) >= 11 is 0. The van der Waals surface area contributed by atoms with Crippen LogP contribution in [0.4, 0.5) is 4.79 Å². The van der Waals surface area contributed by atoms with Gasteiger partial charge in [0.2, 0.25) is 0 Å². The van der Waals surface area contributed by atoms with Crippen LogP contribution in [0, 0.1) is 5.41 Å². The summed E-state index contributed by atoms with van der Waals surface area (Å²) in [5, 5.41) is 54.0. The molecule has 8 N–H and O–H groups in total. The van der Waals surface area contributed by atoms with Crippen molar-refractivity contribution in [2.24, 2.45) is 5.41 Å². The minimum absolute atomic E-state index is 0.406. The maximum Gasteiger partial charge on any atom is 0.318 e. The lowest BCUT2D eigenvalue weighted by Crippen LogP contribution is -2.37. The fraction of sp³-hybridized carbons (Fsp3) is 0.875. The van der Waals surface area contributed by atoms with Crippen molar-refractivity contribution in [2.45, 2.75) is 0 Å². The second-order valence-corrected chi connectivity index (χ2v) is 3.13. The lowest BCUT2D eigenvalue weighted by molar-refractivity contribution is -0.0328. The van der Waals surface area contributed by atoms with Crippen LogP contribution in [0.3, 0.4) is 0 Å². The molecule has 9 heteroatoms. The highest BCUT2D eigenvalue weighted by Crippen LogP contribution is 2.11. The smallest absolute Gasteiger partial charge is 0.318 e. The Morgan fingerprint density at radius 3 is 1.18 bits per heavy atom. The summed E-state index contributed by atoms with van der Waals surface area (Å²) in [5.74, 6) is 0. The van der Waals surface area contributed by atoms with Crippen molar-refractivity contribution in [3.05, 3.63) is 0 Å². The minimum Gasteiger partial charge on any atom is -0.396 e. The predicted molar refractivity (Wildman–Crippen MR) is 56.6 cm³/mol. The van der Waals surface area contributed by atoms with Gasteiger partial charge in [0.15, 0.2) is 0 Å². The molecule has 0 aromatic heterocycles. The maximum atomic E-state index is 10.1. The van der Waals surface area contributed by atoms with E-state index < -0.39 is 51.3 Å². The topological polar surface area (TPSA) is 163 Å². The van der Waals surface area contributed by atoms with E-state index in [-0.39, 0.29) is 0 Å². The van der Waals surface area contributed by atoms with E-state index in [1.165, 1.54) is 0 Å². The van der Waals surface area contributed by atoms with Gasteiger partial charge in [-0.15, -0.1) is 0 Å². The van der Waals surface area contributed by atoms with E-state index in [9.17, 15) is 4.79 Å². The standard InChI is InChI=1S/C5H12O4.C3H8N2O3/c6-1-5(2-7,3-8)4-9;6-1-4-3(8)5-2-7/h6-9H,1-4H2;6-7H,1-2H2,(H2,4,5,8). The first-order valence-corrected chi connectivity index (χ1v) is 4.72. The van der Waals surface area contributed by atoms with Gasteiger partial charge in [0, 0.05) is 0 Å². The zero-order valence-electron chi connectivity index (χ0n) is 9.33. The van der Waals surface area contributed by atoms with Crippen LogP contribution in [0.25, 0.3) is 0 Å². The van der Waals surface area contributed by atoms with Crippen LogP contribution in [0.5, 0.6) is 0 Å². The van der Waals surface area contributed by atoms with Gasteiger partial charge in [0.1, 0.15) is 13.5 Å². The maximum absolute atomic E-state index is 10.1. The molecular formula is C8H20N2O7. The molecule has 104 valence electrons. The molecule has 0 rings (SSSR count). The molecule has 0 atom stereocenters. The largest absolute Gasteiger partial charge is 0.396 e. The highest BCUT2D eigenvalue weighted by atomic mass is 16.3. The molecule has 0 aliphatic heterocycles. The van der Waals surface area contributed by atoms with E-state index in [1.807, 2.05) is 10.6 Å². The Bertz CT molecular complexity index is 161. The molecule has 0 aliphatic carbocycles. The van der Waals surface area contributed by atoms with Crippen LogP contribution in [0.2, 0.25) is 0 Å². The summed E-state index contributed by atoms with van der Waals surface area (Å²) < 4.78 is 0. The summed E-state index contributed by atoms with van der Waals surface area (Å²) in [6.45, 7) is -2.47. The fourth-order valence-electron chi connectivity index (χ4n) is 0.506. The molecule has 0 fully saturated rings. The molecular weight excluding hydrogens is 236 g/mol. The van der Waals surface area contributed by atoms with Gasteiger partial charge in [-0.3, -0.25) is 0 Å². The number of carbonyl (C=O) groups excluding carboxylic acids is 1. The number of nitrogens with one attached hydrogen (secondary N) is 2. The van der Waals surface area contributed by atoms with Gasteiger partial charge in [-0.2, -0.15) is 0 Å². The molecule has 0 radical (unpaired) electrons. The molecule has 0 bridgehead atoms. The van der Waals surface area contributed by atoms with Crippen LogP contribution in [-0.4, -0.2) is 76.6 Å². The van der Waals surface area contributed by atoms with Gasteiger partial charge in [0.05, 0.1) is 31.8 Å². The average molecular weight is 256 g/mol. The molecule has 0 saturated heterocycles. The van der Waals surface area contributed by atoms with Crippen molar-refractivity contribution in [1.82, 2.24) is 10.6 Å². The van der Waals surface area contributed by atoms with Gasteiger partial charge in [-0.25, -0.2) is 4.79 Å². The summed E-state index contributed by atoms with van der Waals surface area (Å²) in [7, 11) is 0. The summed E-state index contributed by atoms with van der Waals surface area (Å²) in [6, 6.07) is -0.588. The van der Waals surface area contributed by atoms with Crippen molar-refractivity contribution in [3.8, 4) is 0 Å². The summed E-state index contributed by atoms with van der Waals surface area (Å²) in [6.07, 6.45) is 0. The Kier molecular flexibility index (Phi) is 12.5. The van der Waals surface area contributed by atoms with E-state index in [2.05, 4.69) is 0 Å². The Morgan fingerprint density at radius 2 is 1.06 bits per heavy atom. The SMILES string of the molecule is O=C(NCO)NCO.OCC(CO)(CO)CO. The van der Waals surface area contributed by atoms with Gasteiger partial charge in [-0.05, 0) is 0 Å². The van der Waals surface area contributed by atoms with Crippen LogP contribution in [0.15, 0.2) is 0 Å². The number of aliphatic hydroxyl groups excluding tert-OH is 6. The number of hydrogen-bond donors (Lipinski definition) is 8. The zero-order valence-corrected chi connectivity index (χ0v) is 9.33. The number of amides is 2. The highest BCUT2D eigenvalue weighted by molar-refractivity contribution is 5.73. The number of hydrogen-bond acceptors (Lipinski definition) is 7. The Labute approximate surface area is 98.3 Å². The normalized spacial score (nSPS) is 10.2. The quantitative estimate of drug-likeness (QED) is 0.225. The molecule has 0 spiro atoms. The first kappa shape index (κ1) is 18.4. The highest BCUT2D eigenvalue weighted by Gasteiger charge is 2.26. The first-order valence-electron chi connectivity index (χ1n) is 4.72. The molecule has 0 aromatic rings. The molecule has 0 heterocycles. The number of rotatable bonds is 6.